The Balaban J connectivity index is 2.00. The number of hydrogen-bond donors (Lipinski definition) is 0. The van der Waals surface area contributed by atoms with Crippen LogP contribution >= 0.6 is 11.6 Å². The van der Waals surface area contributed by atoms with Gasteiger partial charge in [-0.1, -0.05) is 0 Å². The highest BCUT2D eigenvalue weighted by Gasteiger charge is 2.22. The quantitative estimate of drug-likeness (QED) is 0.769. The van der Waals surface area contributed by atoms with Gasteiger partial charge in [0.1, 0.15) is 0 Å². The minimum absolute atomic E-state index is 0.0965. The van der Waals surface area contributed by atoms with Crippen LogP contribution < -0.4 is 9.47 Å². The molecule has 1 aliphatic carbocycles. The molecule has 0 bridgehead atoms. The normalized spacial score (nSPS) is 15.1. The first-order chi connectivity index (χ1) is 7.28. The third-order valence-electron chi connectivity index (χ3n) is 1.99. The number of rotatable bonds is 5. The third kappa shape index (κ3) is 3.20. The Bertz CT molecular complexity index is 344. The second-order valence-electron chi connectivity index (χ2n) is 3.36. The van der Waals surface area contributed by atoms with Crippen LogP contribution in [0, 0.1) is 5.92 Å². The van der Waals surface area contributed by atoms with Gasteiger partial charge in [0.15, 0.2) is 0 Å². The summed E-state index contributed by atoms with van der Waals surface area (Å²) in [6.07, 6.45) is 2.44. The second-order valence-corrected chi connectivity index (χ2v) is 3.70. The summed E-state index contributed by atoms with van der Waals surface area (Å²) in [5, 5.41) is 0.0965. The standard InChI is InChI=1S/C9H12ClN3O2/c1-2-14-8-11-7(10)12-9(13-8)15-5-6-3-4-6/h6H,2-5H2,1H3. The molecule has 0 amide bonds. The van der Waals surface area contributed by atoms with Crippen LogP contribution in [0.15, 0.2) is 0 Å². The molecule has 1 heterocycles. The van der Waals surface area contributed by atoms with Gasteiger partial charge in [-0.15, -0.1) is 4.98 Å². The number of ether oxygens (including phenoxy) is 2. The van der Waals surface area contributed by atoms with Crippen molar-refractivity contribution in [3.63, 3.8) is 0 Å². The van der Waals surface area contributed by atoms with Gasteiger partial charge in [0.2, 0.25) is 5.28 Å². The predicted molar refractivity (Wildman–Crippen MR) is 54.2 cm³/mol. The van der Waals surface area contributed by atoms with Crippen molar-refractivity contribution in [2.24, 2.45) is 5.92 Å². The van der Waals surface area contributed by atoms with Gasteiger partial charge in [-0.25, -0.2) is 0 Å². The molecule has 0 radical (unpaired) electrons. The molecule has 1 fully saturated rings. The van der Waals surface area contributed by atoms with Gasteiger partial charge in [0.05, 0.1) is 13.2 Å². The summed E-state index contributed by atoms with van der Waals surface area (Å²) in [7, 11) is 0. The Kier molecular flexibility index (Phi) is 3.20. The number of nitrogens with zero attached hydrogens (tertiary/aromatic N) is 3. The zero-order valence-electron chi connectivity index (χ0n) is 8.44. The summed E-state index contributed by atoms with van der Waals surface area (Å²) in [6, 6.07) is 0.452. The Hall–Kier alpha value is -1.10. The van der Waals surface area contributed by atoms with Gasteiger partial charge in [-0.3, -0.25) is 0 Å². The molecule has 5 nitrogen and oxygen atoms in total. The Morgan fingerprint density at radius 2 is 1.87 bits per heavy atom. The summed E-state index contributed by atoms with van der Waals surface area (Å²) >= 11 is 5.69. The van der Waals surface area contributed by atoms with Crippen LogP contribution in [0.2, 0.25) is 5.28 Å². The minimum atomic E-state index is 0.0965. The maximum atomic E-state index is 5.69. The highest BCUT2D eigenvalue weighted by molar-refractivity contribution is 6.28. The highest BCUT2D eigenvalue weighted by atomic mass is 35.5. The van der Waals surface area contributed by atoms with E-state index >= 15 is 0 Å². The molecule has 0 saturated heterocycles. The Labute approximate surface area is 92.8 Å². The van der Waals surface area contributed by atoms with Crippen molar-refractivity contribution in [1.29, 1.82) is 0 Å². The van der Waals surface area contributed by atoms with Crippen LogP contribution in [0.5, 0.6) is 12.0 Å². The van der Waals surface area contributed by atoms with Crippen molar-refractivity contribution in [2.75, 3.05) is 13.2 Å². The number of hydrogen-bond acceptors (Lipinski definition) is 5. The minimum Gasteiger partial charge on any atom is -0.464 e. The van der Waals surface area contributed by atoms with E-state index in [1.54, 1.807) is 0 Å². The van der Waals surface area contributed by atoms with Crippen LogP contribution in [0.4, 0.5) is 0 Å². The van der Waals surface area contributed by atoms with E-state index in [0.29, 0.717) is 19.1 Å². The van der Waals surface area contributed by atoms with E-state index in [0.717, 1.165) is 0 Å². The first kappa shape index (κ1) is 10.4. The van der Waals surface area contributed by atoms with Crippen molar-refractivity contribution < 1.29 is 9.47 Å². The van der Waals surface area contributed by atoms with E-state index in [-0.39, 0.29) is 17.3 Å². The van der Waals surface area contributed by atoms with Gasteiger partial charge in [0.25, 0.3) is 0 Å². The molecular weight excluding hydrogens is 218 g/mol. The average Bonchev–Trinajstić information content (AvgIpc) is 2.98. The van der Waals surface area contributed by atoms with E-state index in [1.165, 1.54) is 12.8 Å². The lowest BCUT2D eigenvalue weighted by molar-refractivity contribution is 0.258. The molecule has 82 valence electrons. The number of halogens is 1. The third-order valence-corrected chi connectivity index (χ3v) is 2.15. The summed E-state index contributed by atoms with van der Waals surface area (Å²) in [5.74, 6) is 0.649. The van der Waals surface area contributed by atoms with E-state index < -0.39 is 0 Å². The van der Waals surface area contributed by atoms with Gasteiger partial charge in [-0.2, -0.15) is 9.97 Å². The zero-order valence-corrected chi connectivity index (χ0v) is 9.20. The van der Waals surface area contributed by atoms with E-state index in [2.05, 4.69) is 15.0 Å². The monoisotopic (exact) mass is 229 g/mol. The fourth-order valence-electron chi connectivity index (χ4n) is 1.05. The van der Waals surface area contributed by atoms with Gasteiger partial charge in [0, 0.05) is 0 Å². The molecule has 6 heteroatoms. The number of aromatic nitrogens is 3. The molecule has 0 aliphatic heterocycles. The highest BCUT2D eigenvalue weighted by Crippen LogP contribution is 2.29. The maximum Gasteiger partial charge on any atom is 0.323 e. The van der Waals surface area contributed by atoms with E-state index in [4.69, 9.17) is 21.1 Å². The summed E-state index contributed by atoms with van der Waals surface area (Å²) < 4.78 is 10.5. The topological polar surface area (TPSA) is 57.1 Å². The smallest absolute Gasteiger partial charge is 0.323 e. The predicted octanol–water partition coefficient (Wildman–Crippen LogP) is 1.71. The average molecular weight is 230 g/mol. The molecule has 15 heavy (non-hydrogen) atoms. The molecule has 1 aliphatic rings. The molecule has 0 atom stereocenters. The molecular formula is C9H12ClN3O2. The lowest BCUT2D eigenvalue weighted by atomic mass is 10.5. The Morgan fingerprint density at radius 1 is 1.20 bits per heavy atom. The molecule has 1 saturated carbocycles. The summed E-state index contributed by atoms with van der Waals surface area (Å²) in [5.41, 5.74) is 0. The van der Waals surface area contributed by atoms with Gasteiger partial charge in [-0.05, 0) is 37.3 Å². The van der Waals surface area contributed by atoms with E-state index in [9.17, 15) is 0 Å². The SMILES string of the molecule is CCOc1nc(Cl)nc(OCC2CC2)n1. The van der Waals surface area contributed by atoms with Crippen LogP contribution in [-0.4, -0.2) is 28.2 Å². The molecule has 2 rings (SSSR count). The molecule has 1 aromatic heterocycles. The molecule has 0 spiro atoms. The molecule has 0 aromatic carbocycles. The van der Waals surface area contributed by atoms with Gasteiger partial charge < -0.3 is 9.47 Å². The summed E-state index contributed by atoms with van der Waals surface area (Å²) in [4.78, 5) is 11.6. The second kappa shape index (κ2) is 4.61. The first-order valence-electron chi connectivity index (χ1n) is 4.95. The van der Waals surface area contributed by atoms with Crippen molar-refractivity contribution in [3.05, 3.63) is 5.28 Å². The summed E-state index contributed by atoms with van der Waals surface area (Å²) in [6.45, 7) is 2.98. The zero-order chi connectivity index (χ0) is 10.7. The Morgan fingerprint density at radius 3 is 2.47 bits per heavy atom. The van der Waals surface area contributed by atoms with Crippen LogP contribution in [0.1, 0.15) is 19.8 Å². The fraction of sp³-hybridized carbons (Fsp3) is 0.667. The van der Waals surface area contributed by atoms with Crippen LogP contribution in [-0.2, 0) is 0 Å². The van der Waals surface area contributed by atoms with Crippen molar-refractivity contribution in [3.8, 4) is 12.0 Å². The lowest BCUT2D eigenvalue weighted by Gasteiger charge is -2.05. The van der Waals surface area contributed by atoms with Gasteiger partial charge >= 0.3 is 12.0 Å². The first-order valence-corrected chi connectivity index (χ1v) is 5.33. The van der Waals surface area contributed by atoms with Crippen molar-refractivity contribution >= 4 is 11.6 Å². The molecule has 1 aromatic rings. The lowest BCUT2D eigenvalue weighted by Crippen LogP contribution is -2.06. The largest absolute Gasteiger partial charge is 0.464 e. The van der Waals surface area contributed by atoms with Crippen LogP contribution in [0.25, 0.3) is 0 Å². The van der Waals surface area contributed by atoms with Crippen molar-refractivity contribution in [2.45, 2.75) is 19.8 Å². The van der Waals surface area contributed by atoms with E-state index in [1.807, 2.05) is 6.92 Å². The van der Waals surface area contributed by atoms with Crippen LogP contribution in [0.3, 0.4) is 0 Å². The fourth-order valence-corrected chi connectivity index (χ4v) is 1.19. The maximum absolute atomic E-state index is 5.69. The van der Waals surface area contributed by atoms with Crippen molar-refractivity contribution in [1.82, 2.24) is 15.0 Å². The molecule has 0 unspecified atom stereocenters. The molecule has 0 N–H and O–H groups in total.